The van der Waals surface area contributed by atoms with Gasteiger partial charge in [-0.1, -0.05) is 18.2 Å². The molecule has 0 aliphatic rings. The summed E-state index contributed by atoms with van der Waals surface area (Å²) < 4.78 is 0. The summed E-state index contributed by atoms with van der Waals surface area (Å²) >= 11 is 0. The molecule has 0 aromatic heterocycles. The fraction of sp³-hybridized carbons (Fsp3) is 0. The third-order valence-electron chi connectivity index (χ3n) is 4.59. The van der Waals surface area contributed by atoms with E-state index >= 15 is 0 Å². The van der Waals surface area contributed by atoms with Crippen LogP contribution in [-0.4, -0.2) is 32.7 Å². The highest BCUT2D eigenvalue weighted by molar-refractivity contribution is 6.10. The molecule has 3 N–H and O–H groups in total. The van der Waals surface area contributed by atoms with Crippen molar-refractivity contribution in [3.63, 3.8) is 0 Å². The van der Waals surface area contributed by atoms with Gasteiger partial charge in [-0.05, 0) is 42.0 Å². The Labute approximate surface area is 196 Å². The number of nitrogens with zero attached hydrogens (tertiary/aromatic N) is 2. The molecule has 0 radical (unpaired) electrons. The minimum Gasteiger partial charge on any atom is -0.478 e. The minimum atomic E-state index is -1.15. The van der Waals surface area contributed by atoms with E-state index in [0.29, 0.717) is 0 Å². The number of carbonyl (C=O) groups is 3. The maximum Gasteiger partial charge on any atom is 0.335 e. The van der Waals surface area contributed by atoms with Crippen molar-refractivity contribution in [2.24, 2.45) is 0 Å². The highest BCUT2D eigenvalue weighted by Crippen LogP contribution is 2.18. The first-order chi connectivity index (χ1) is 16.6. The first-order valence-electron chi connectivity index (χ1n) is 9.80. The second-order valence-corrected chi connectivity index (χ2v) is 7.01. The Hall–Kier alpha value is -5.39. The summed E-state index contributed by atoms with van der Waals surface area (Å²) in [7, 11) is 0. The highest BCUT2D eigenvalue weighted by Gasteiger charge is 2.18. The van der Waals surface area contributed by atoms with Crippen molar-refractivity contribution in [2.75, 3.05) is 5.32 Å². The number of rotatable bonds is 8. The van der Waals surface area contributed by atoms with Crippen LogP contribution in [0.5, 0.6) is 0 Å². The molecule has 0 aliphatic carbocycles. The standard InChI is InChI=1S/C23H16N4O8/c28-21(16-4-2-6-19(13-16)27(34)35)25-20(12-14-3-1-5-18(11-14)26(32)33)22(29)24-17-9-7-15(8-10-17)23(30)31/h1-13H,(H,24,29)(H,25,28)(H,30,31)/b20-12-. The van der Waals surface area contributed by atoms with Gasteiger partial charge in [0.2, 0.25) is 0 Å². The summed E-state index contributed by atoms with van der Waals surface area (Å²) in [4.78, 5) is 57.5. The predicted molar refractivity (Wildman–Crippen MR) is 124 cm³/mol. The first-order valence-corrected chi connectivity index (χ1v) is 9.80. The lowest BCUT2D eigenvalue weighted by molar-refractivity contribution is -0.385. The molecule has 0 unspecified atom stereocenters. The molecule has 3 aromatic carbocycles. The van der Waals surface area contributed by atoms with Crippen molar-refractivity contribution in [3.05, 3.63) is 115 Å². The minimum absolute atomic E-state index is 0.00525. The van der Waals surface area contributed by atoms with Crippen LogP contribution in [0.3, 0.4) is 0 Å². The molecule has 3 rings (SSSR count). The van der Waals surface area contributed by atoms with Crippen molar-refractivity contribution in [2.45, 2.75) is 0 Å². The average Bonchev–Trinajstić information content (AvgIpc) is 2.84. The van der Waals surface area contributed by atoms with Gasteiger partial charge in [-0.25, -0.2) is 4.79 Å². The third kappa shape index (κ3) is 6.32. The van der Waals surface area contributed by atoms with Gasteiger partial charge >= 0.3 is 5.97 Å². The second kappa shape index (κ2) is 10.5. The van der Waals surface area contributed by atoms with Crippen molar-refractivity contribution in [1.82, 2.24) is 5.32 Å². The van der Waals surface area contributed by atoms with E-state index in [9.17, 15) is 34.6 Å². The molecule has 35 heavy (non-hydrogen) atoms. The Kier molecular flexibility index (Phi) is 7.27. The van der Waals surface area contributed by atoms with Crippen molar-refractivity contribution < 1.29 is 29.3 Å². The van der Waals surface area contributed by atoms with Gasteiger partial charge < -0.3 is 15.7 Å². The van der Waals surface area contributed by atoms with Crippen LogP contribution in [0.2, 0.25) is 0 Å². The highest BCUT2D eigenvalue weighted by atomic mass is 16.6. The zero-order valence-corrected chi connectivity index (χ0v) is 17.7. The maximum absolute atomic E-state index is 12.9. The van der Waals surface area contributed by atoms with Crippen LogP contribution in [0.1, 0.15) is 26.3 Å². The molecule has 0 atom stereocenters. The van der Waals surface area contributed by atoms with E-state index in [0.717, 1.165) is 6.07 Å². The topological polar surface area (TPSA) is 182 Å². The summed E-state index contributed by atoms with van der Waals surface area (Å²) in [6.45, 7) is 0. The largest absolute Gasteiger partial charge is 0.478 e. The van der Waals surface area contributed by atoms with Crippen LogP contribution < -0.4 is 10.6 Å². The molecule has 0 aliphatic heterocycles. The number of hydrogen-bond donors (Lipinski definition) is 3. The van der Waals surface area contributed by atoms with Crippen LogP contribution in [0.15, 0.2) is 78.5 Å². The fourth-order valence-corrected chi connectivity index (χ4v) is 2.90. The quantitative estimate of drug-likeness (QED) is 0.250. The van der Waals surface area contributed by atoms with Crippen LogP contribution in [-0.2, 0) is 4.79 Å². The smallest absolute Gasteiger partial charge is 0.335 e. The number of anilines is 1. The molecule has 0 spiro atoms. The Morgan fingerprint density at radius 3 is 2.00 bits per heavy atom. The van der Waals surface area contributed by atoms with E-state index in [4.69, 9.17) is 5.11 Å². The predicted octanol–water partition coefficient (Wildman–Crippen LogP) is 3.61. The normalized spacial score (nSPS) is 10.8. The fourth-order valence-electron chi connectivity index (χ4n) is 2.90. The molecule has 12 heteroatoms. The Bertz CT molecular complexity index is 1370. The molecule has 3 aromatic rings. The number of nitro groups is 2. The number of nitro benzene ring substituents is 2. The van der Waals surface area contributed by atoms with Gasteiger partial charge in [0.05, 0.1) is 15.4 Å². The Balaban J connectivity index is 1.94. The van der Waals surface area contributed by atoms with Crippen molar-refractivity contribution >= 4 is 40.9 Å². The Morgan fingerprint density at radius 2 is 1.40 bits per heavy atom. The maximum atomic E-state index is 12.9. The molecule has 0 bridgehead atoms. The van der Waals surface area contributed by atoms with Crippen LogP contribution in [0.4, 0.5) is 17.1 Å². The van der Waals surface area contributed by atoms with Gasteiger partial charge in [-0.2, -0.15) is 0 Å². The van der Waals surface area contributed by atoms with Crippen LogP contribution in [0, 0.1) is 20.2 Å². The summed E-state index contributed by atoms with van der Waals surface area (Å²) in [6, 6.07) is 15.4. The number of benzene rings is 3. The summed E-state index contributed by atoms with van der Waals surface area (Å²) in [5.74, 6) is -2.81. The van der Waals surface area contributed by atoms with E-state index in [1.807, 2.05) is 0 Å². The molecule has 0 saturated carbocycles. The summed E-state index contributed by atoms with van der Waals surface area (Å²) in [5, 5.41) is 36.0. The van der Waals surface area contributed by atoms with Gasteiger partial charge in [0.15, 0.2) is 0 Å². The molecule has 0 saturated heterocycles. The summed E-state index contributed by atoms with van der Waals surface area (Å²) in [5.41, 5.74) is -0.543. The average molecular weight is 476 g/mol. The van der Waals surface area contributed by atoms with Gasteiger partial charge in [-0.15, -0.1) is 0 Å². The molecular formula is C23H16N4O8. The second-order valence-electron chi connectivity index (χ2n) is 7.01. The van der Waals surface area contributed by atoms with E-state index in [1.165, 1.54) is 72.8 Å². The number of non-ortho nitro benzene ring substituents is 2. The number of carbonyl (C=O) groups excluding carboxylic acids is 2. The first kappa shape index (κ1) is 24.3. The number of carboxylic acids is 1. The number of hydrogen-bond acceptors (Lipinski definition) is 7. The van der Waals surface area contributed by atoms with E-state index in [-0.39, 0.29) is 39.4 Å². The van der Waals surface area contributed by atoms with Crippen LogP contribution >= 0.6 is 0 Å². The summed E-state index contributed by atoms with van der Waals surface area (Å²) in [6.07, 6.45) is 1.20. The molecule has 176 valence electrons. The molecule has 0 heterocycles. The Morgan fingerprint density at radius 1 is 0.800 bits per heavy atom. The van der Waals surface area contributed by atoms with Gasteiger partial charge in [0.1, 0.15) is 5.70 Å². The molecule has 0 fully saturated rings. The van der Waals surface area contributed by atoms with E-state index in [1.54, 1.807) is 0 Å². The number of nitrogens with one attached hydrogen (secondary N) is 2. The lowest BCUT2D eigenvalue weighted by Crippen LogP contribution is -2.30. The molecule has 2 amide bonds. The third-order valence-corrected chi connectivity index (χ3v) is 4.59. The zero-order valence-electron chi connectivity index (χ0n) is 17.7. The lowest BCUT2D eigenvalue weighted by atomic mass is 10.1. The van der Waals surface area contributed by atoms with Gasteiger partial charge in [-0.3, -0.25) is 29.8 Å². The van der Waals surface area contributed by atoms with Gasteiger partial charge in [0, 0.05) is 35.5 Å². The van der Waals surface area contributed by atoms with Crippen LogP contribution in [0.25, 0.3) is 6.08 Å². The molecular weight excluding hydrogens is 460 g/mol. The van der Waals surface area contributed by atoms with Crippen molar-refractivity contribution in [1.29, 1.82) is 0 Å². The monoisotopic (exact) mass is 476 g/mol. The number of carboxylic acid groups (broad SMARTS) is 1. The molecule has 12 nitrogen and oxygen atoms in total. The van der Waals surface area contributed by atoms with E-state index in [2.05, 4.69) is 10.6 Å². The number of aromatic carboxylic acids is 1. The van der Waals surface area contributed by atoms with E-state index < -0.39 is 27.6 Å². The van der Waals surface area contributed by atoms with Gasteiger partial charge in [0.25, 0.3) is 23.2 Å². The SMILES string of the molecule is O=C(Nc1ccc(C(=O)O)cc1)/C(=C/c1cccc([N+](=O)[O-])c1)NC(=O)c1cccc([N+](=O)[O-])c1. The zero-order chi connectivity index (χ0) is 25.5. The van der Waals surface area contributed by atoms with Crippen molar-refractivity contribution in [3.8, 4) is 0 Å². The number of amides is 2. The lowest BCUT2D eigenvalue weighted by Gasteiger charge is -2.11.